The second kappa shape index (κ2) is 7.40. The maximum absolute atomic E-state index is 13.7. The second-order valence-electron chi connectivity index (χ2n) is 7.98. The summed E-state index contributed by atoms with van der Waals surface area (Å²) < 4.78 is 0. The third kappa shape index (κ3) is 3.15. The number of anilines is 2. The molecule has 0 unspecified atom stereocenters. The van der Waals surface area contributed by atoms with Crippen LogP contribution in [-0.4, -0.2) is 18.4 Å². The first kappa shape index (κ1) is 19.6. The number of fused-ring (bicyclic) bond motifs is 1. The van der Waals surface area contributed by atoms with Crippen molar-refractivity contribution >= 4 is 40.4 Å². The zero-order valence-corrected chi connectivity index (χ0v) is 18.1. The Kier molecular flexibility index (Phi) is 4.67. The summed E-state index contributed by atoms with van der Waals surface area (Å²) in [5.74, 6) is -0.646. The van der Waals surface area contributed by atoms with Crippen LogP contribution in [0.25, 0.3) is 5.57 Å². The number of aryl methyl sites for hydroxylation is 2. The molecule has 0 saturated carbocycles. The molecule has 3 aromatic rings. The van der Waals surface area contributed by atoms with Gasteiger partial charge in [0, 0.05) is 17.3 Å². The van der Waals surface area contributed by atoms with E-state index in [4.69, 9.17) is 11.6 Å². The highest BCUT2D eigenvalue weighted by atomic mass is 35.5. The molecule has 3 aromatic carbocycles. The normalized spacial score (nSPS) is 15.8. The summed E-state index contributed by atoms with van der Waals surface area (Å²) in [5, 5.41) is 0.478. The number of nitrogens with zero attached hydrogens (tertiary/aromatic N) is 2. The molecule has 0 bridgehead atoms. The maximum atomic E-state index is 13.7. The summed E-state index contributed by atoms with van der Waals surface area (Å²) in [6, 6.07) is 20.8. The Bertz CT molecular complexity index is 1280. The van der Waals surface area contributed by atoms with Gasteiger partial charge in [-0.2, -0.15) is 0 Å². The van der Waals surface area contributed by atoms with Crippen LogP contribution in [0.1, 0.15) is 22.3 Å². The van der Waals surface area contributed by atoms with E-state index in [1.807, 2.05) is 55.1 Å². The highest BCUT2D eigenvalue weighted by Gasteiger charge is 2.44. The third-order valence-electron chi connectivity index (χ3n) is 6.08. The number of carbonyl (C=O) groups is 2. The van der Waals surface area contributed by atoms with Crippen molar-refractivity contribution in [2.24, 2.45) is 0 Å². The smallest absolute Gasteiger partial charge is 0.282 e. The molecule has 2 amide bonds. The number of carbonyl (C=O) groups excluding carboxylic acids is 2. The van der Waals surface area contributed by atoms with E-state index in [1.165, 1.54) is 10.5 Å². The molecule has 0 saturated heterocycles. The lowest BCUT2D eigenvalue weighted by Gasteiger charge is -2.22. The predicted octanol–water partition coefficient (Wildman–Crippen LogP) is 5.30. The van der Waals surface area contributed by atoms with E-state index in [2.05, 4.69) is 6.07 Å². The number of hydrogen-bond donors (Lipinski definition) is 0. The lowest BCUT2D eigenvalue weighted by Crippen LogP contribution is -2.34. The monoisotopic (exact) mass is 428 g/mol. The van der Waals surface area contributed by atoms with Gasteiger partial charge in [0.05, 0.1) is 11.3 Å². The Labute approximate surface area is 186 Å². The molecular formula is C26H21ClN2O2. The van der Waals surface area contributed by atoms with E-state index >= 15 is 0 Å². The van der Waals surface area contributed by atoms with Crippen molar-refractivity contribution in [3.63, 3.8) is 0 Å². The van der Waals surface area contributed by atoms with Gasteiger partial charge in [0.25, 0.3) is 11.8 Å². The molecule has 0 spiro atoms. The summed E-state index contributed by atoms with van der Waals surface area (Å²) in [4.78, 5) is 30.6. The van der Waals surface area contributed by atoms with Crippen LogP contribution >= 0.6 is 11.6 Å². The van der Waals surface area contributed by atoms with Gasteiger partial charge in [-0.25, -0.2) is 4.90 Å². The number of rotatable bonds is 3. The summed E-state index contributed by atoms with van der Waals surface area (Å²) in [7, 11) is 0. The van der Waals surface area contributed by atoms with Crippen LogP contribution in [0.2, 0.25) is 5.02 Å². The zero-order chi connectivity index (χ0) is 21.7. The molecule has 0 fully saturated rings. The van der Waals surface area contributed by atoms with Gasteiger partial charge in [0.2, 0.25) is 0 Å². The Morgan fingerprint density at radius 3 is 2.42 bits per heavy atom. The molecule has 0 atom stereocenters. The number of halogens is 1. The van der Waals surface area contributed by atoms with Crippen LogP contribution in [0.15, 0.2) is 72.4 Å². The Balaban J connectivity index is 1.71. The van der Waals surface area contributed by atoms with Crippen LogP contribution in [0.4, 0.5) is 11.4 Å². The summed E-state index contributed by atoms with van der Waals surface area (Å²) >= 11 is 6.17. The molecule has 31 heavy (non-hydrogen) atoms. The van der Waals surface area contributed by atoms with Gasteiger partial charge in [-0.1, -0.05) is 54.1 Å². The summed E-state index contributed by atoms with van der Waals surface area (Å²) in [6.45, 7) is 4.71. The predicted molar refractivity (Wildman–Crippen MR) is 124 cm³/mol. The molecule has 2 aliphatic heterocycles. The van der Waals surface area contributed by atoms with Gasteiger partial charge >= 0.3 is 0 Å². The minimum atomic E-state index is -0.324. The molecule has 5 rings (SSSR count). The van der Waals surface area contributed by atoms with E-state index < -0.39 is 0 Å². The largest absolute Gasteiger partial charge is 0.336 e. The SMILES string of the molecule is Cc1ccc(C2=C(N3CCc4ccccc43)C(=O)N(c3cccc(Cl)c3)C2=O)cc1C. The molecule has 154 valence electrons. The quantitative estimate of drug-likeness (QED) is 0.531. The lowest BCUT2D eigenvalue weighted by molar-refractivity contribution is -0.120. The first-order valence-electron chi connectivity index (χ1n) is 10.3. The number of amides is 2. The minimum absolute atomic E-state index is 0.322. The van der Waals surface area contributed by atoms with E-state index in [0.717, 1.165) is 28.8 Å². The number of benzene rings is 3. The topological polar surface area (TPSA) is 40.6 Å². The molecule has 4 nitrogen and oxygen atoms in total. The first-order chi connectivity index (χ1) is 15.0. The summed E-state index contributed by atoms with van der Waals surface area (Å²) in [6.07, 6.45) is 0.832. The number of hydrogen-bond acceptors (Lipinski definition) is 3. The van der Waals surface area contributed by atoms with Gasteiger partial charge in [-0.15, -0.1) is 0 Å². The second-order valence-corrected chi connectivity index (χ2v) is 8.42. The van der Waals surface area contributed by atoms with Crippen molar-refractivity contribution < 1.29 is 9.59 Å². The fourth-order valence-electron chi connectivity index (χ4n) is 4.35. The van der Waals surface area contributed by atoms with Crippen LogP contribution < -0.4 is 9.80 Å². The molecule has 0 aromatic heterocycles. The maximum Gasteiger partial charge on any atom is 0.282 e. The lowest BCUT2D eigenvalue weighted by atomic mass is 9.99. The van der Waals surface area contributed by atoms with E-state index in [-0.39, 0.29) is 11.8 Å². The number of imide groups is 1. The Hall–Kier alpha value is -3.37. The van der Waals surface area contributed by atoms with Crippen molar-refractivity contribution in [2.45, 2.75) is 20.3 Å². The van der Waals surface area contributed by atoms with Crippen molar-refractivity contribution in [3.05, 3.63) is 99.7 Å². The summed E-state index contributed by atoms with van der Waals surface area (Å²) in [5.41, 5.74) is 6.47. The first-order valence-corrected chi connectivity index (χ1v) is 10.6. The molecule has 2 heterocycles. The molecule has 5 heteroatoms. The Morgan fingerprint density at radius 2 is 1.65 bits per heavy atom. The fourth-order valence-corrected chi connectivity index (χ4v) is 4.53. The van der Waals surface area contributed by atoms with Gasteiger partial charge in [-0.3, -0.25) is 9.59 Å². The van der Waals surface area contributed by atoms with Gasteiger partial charge in [0.1, 0.15) is 5.70 Å². The fraction of sp³-hybridized carbons (Fsp3) is 0.154. The Morgan fingerprint density at radius 1 is 0.839 bits per heavy atom. The van der Waals surface area contributed by atoms with Gasteiger partial charge in [0.15, 0.2) is 0 Å². The standard InChI is InChI=1S/C26H21ClN2O2/c1-16-10-11-19(14-17(16)2)23-24(28-13-12-18-6-3-4-9-22(18)28)26(31)29(25(23)30)21-8-5-7-20(27)15-21/h3-11,14-15H,12-13H2,1-2H3. The molecule has 0 aliphatic carbocycles. The van der Waals surface area contributed by atoms with E-state index in [0.29, 0.717) is 28.5 Å². The van der Waals surface area contributed by atoms with Crippen molar-refractivity contribution in [1.82, 2.24) is 0 Å². The highest BCUT2D eigenvalue weighted by molar-refractivity contribution is 6.46. The van der Waals surface area contributed by atoms with Gasteiger partial charge < -0.3 is 4.90 Å². The molecule has 0 radical (unpaired) electrons. The molecular weight excluding hydrogens is 408 g/mol. The number of para-hydroxylation sites is 1. The van der Waals surface area contributed by atoms with Crippen molar-refractivity contribution in [3.8, 4) is 0 Å². The van der Waals surface area contributed by atoms with E-state index in [9.17, 15) is 9.59 Å². The highest BCUT2D eigenvalue weighted by Crippen LogP contribution is 2.40. The average molecular weight is 429 g/mol. The van der Waals surface area contributed by atoms with Crippen LogP contribution in [0.3, 0.4) is 0 Å². The van der Waals surface area contributed by atoms with Crippen LogP contribution in [0, 0.1) is 13.8 Å². The van der Waals surface area contributed by atoms with Crippen LogP contribution in [-0.2, 0) is 16.0 Å². The third-order valence-corrected chi connectivity index (χ3v) is 6.31. The van der Waals surface area contributed by atoms with Crippen LogP contribution in [0.5, 0.6) is 0 Å². The zero-order valence-electron chi connectivity index (χ0n) is 17.4. The van der Waals surface area contributed by atoms with E-state index in [1.54, 1.807) is 24.3 Å². The molecule has 0 N–H and O–H groups in total. The molecule has 2 aliphatic rings. The van der Waals surface area contributed by atoms with Gasteiger partial charge in [-0.05, 0) is 66.8 Å². The minimum Gasteiger partial charge on any atom is -0.336 e. The van der Waals surface area contributed by atoms with Crippen molar-refractivity contribution in [1.29, 1.82) is 0 Å². The van der Waals surface area contributed by atoms with Crippen molar-refractivity contribution in [2.75, 3.05) is 16.3 Å². The average Bonchev–Trinajstić information content (AvgIpc) is 3.28.